The standard InChI is InChI=1S/C16H20Br2N2O/c1-2-10-20(13-6-4-3-5-7-13)16(21)19-15-9-8-12(17)11-14(15)18/h2,8-9,11,13H,1,3-7,10H2,(H,19,21). The molecule has 2 amide bonds. The maximum atomic E-state index is 12.6. The molecule has 0 aliphatic heterocycles. The molecule has 114 valence electrons. The number of anilines is 1. The molecule has 0 bridgehead atoms. The minimum Gasteiger partial charge on any atom is -0.318 e. The Morgan fingerprint density at radius 3 is 2.67 bits per heavy atom. The summed E-state index contributed by atoms with van der Waals surface area (Å²) in [5.41, 5.74) is 0.785. The second-order valence-corrected chi connectivity index (χ2v) is 7.06. The van der Waals surface area contributed by atoms with Gasteiger partial charge in [0.15, 0.2) is 0 Å². The first kappa shape index (κ1) is 16.6. The molecule has 1 aromatic carbocycles. The Morgan fingerprint density at radius 1 is 1.33 bits per heavy atom. The van der Waals surface area contributed by atoms with Gasteiger partial charge in [-0.05, 0) is 47.0 Å². The van der Waals surface area contributed by atoms with Gasteiger partial charge in [-0.25, -0.2) is 4.79 Å². The molecular formula is C16H20Br2N2O. The highest BCUT2D eigenvalue weighted by Gasteiger charge is 2.24. The Hall–Kier alpha value is -0.810. The van der Waals surface area contributed by atoms with Crippen LogP contribution in [0.4, 0.5) is 10.5 Å². The Labute approximate surface area is 143 Å². The molecule has 1 fully saturated rings. The van der Waals surface area contributed by atoms with Crippen LogP contribution in [0.5, 0.6) is 0 Å². The highest BCUT2D eigenvalue weighted by molar-refractivity contribution is 9.11. The first-order valence-corrected chi connectivity index (χ1v) is 8.84. The van der Waals surface area contributed by atoms with Crippen molar-refractivity contribution in [3.63, 3.8) is 0 Å². The van der Waals surface area contributed by atoms with Crippen molar-refractivity contribution >= 4 is 43.6 Å². The number of carbonyl (C=O) groups is 1. The number of benzene rings is 1. The van der Waals surface area contributed by atoms with Crippen LogP contribution in [0.1, 0.15) is 32.1 Å². The topological polar surface area (TPSA) is 32.3 Å². The van der Waals surface area contributed by atoms with E-state index < -0.39 is 0 Å². The maximum absolute atomic E-state index is 12.6. The molecule has 1 saturated carbocycles. The predicted molar refractivity (Wildman–Crippen MR) is 94.6 cm³/mol. The van der Waals surface area contributed by atoms with Crippen molar-refractivity contribution in [2.75, 3.05) is 11.9 Å². The molecule has 1 aliphatic rings. The van der Waals surface area contributed by atoms with E-state index in [2.05, 4.69) is 43.8 Å². The van der Waals surface area contributed by atoms with Crippen LogP contribution in [-0.4, -0.2) is 23.5 Å². The summed E-state index contributed by atoms with van der Waals surface area (Å²) in [6.07, 6.45) is 7.65. The minimum atomic E-state index is -0.0511. The van der Waals surface area contributed by atoms with Crippen LogP contribution in [0.25, 0.3) is 0 Å². The second-order valence-electron chi connectivity index (χ2n) is 5.29. The van der Waals surface area contributed by atoms with Crippen LogP contribution in [0.15, 0.2) is 39.8 Å². The molecule has 1 N–H and O–H groups in total. The number of nitrogens with zero attached hydrogens (tertiary/aromatic N) is 1. The number of hydrogen-bond acceptors (Lipinski definition) is 1. The predicted octanol–water partition coefficient (Wildman–Crippen LogP) is 5.56. The molecule has 21 heavy (non-hydrogen) atoms. The summed E-state index contributed by atoms with van der Waals surface area (Å²) < 4.78 is 1.84. The van der Waals surface area contributed by atoms with Crippen molar-refractivity contribution in [1.29, 1.82) is 0 Å². The molecule has 0 radical (unpaired) electrons. The highest BCUT2D eigenvalue weighted by Crippen LogP contribution is 2.28. The van der Waals surface area contributed by atoms with Gasteiger partial charge in [0.2, 0.25) is 0 Å². The molecule has 0 heterocycles. The van der Waals surface area contributed by atoms with Crippen LogP contribution >= 0.6 is 31.9 Å². The number of carbonyl (C=O) groups excluding carboxylic acids is 1. The number of urea groups is 1. The lowest BCUT2D eigenvalue weighted by atomic mass is 9.94. The van der Waals surface area contributed by atoms with E-state index in [0.717, 1.165) is 27.5 Å². The lowest BCUT2D eigenvalue weighted by Gasteiger charge is -2.33. The smallest absolute Gasteiger partial charge is 0.318 e. The molecule has 0 aromatic heterocycles. The van der Waals surface area contributed by atoms with Gasteiger partial charge < -0.3 is 10.2 Å². The van der Waals surface area contributed by atoms with Gasteiger partial charge in [-0.2, -0.15) is 0 Å². The summed E-state index contributed by atoms with van der Waals surface area (Å²) in [6.45, 7) is 4.36. The average molecular weight is 416 g/mol. The molecule has 2 rings (SSSR count). The van der Waals surface area contributed by atoms with E-state index in [9.17, 15) is 4.79 Å². The van der Waals surface area contributed by atoms with E-state index in [0.29, 0.717) is 12.6 Å². The SMILES string of the molecule is C=CCN(C(=O)Nc1ccc(Br)cc1Br)C1CCCCC1. The number of halogens is 2. The number of amides is 2. The monoisotopic (exact) mass is 414 g/mol. The summed E-state index contributed by atoms with van der Waals surface area (Å²) >= 11 is 6.89. The Morgan fingerprint density at radius 2 is 2.05 bits per heavy atom. The van der Waals surface area contributed by atoms with Gasteiger partial charge in [0, 0.05) is 21.5 Å². The first-order chi connectivity index (χ1) is 10.1. The number of nitrogens with one attached hydrogen (secondary N) is 1. The normalized spacial score (nSPS) is 15.5. The molecule has 5 heteroatoms. The number of hydrogen-bond donors (Lipinski definition) is 1. The van der Waals surface area contributed by atoms with Gasteiger partial charge in [0.1, 0.15) is 0 Å². The second kappa shape index (κ2) is 7.99. The van der Waals surface area contributed by atoms with Gasteiger partial charge in [-0.3, -0.25) is 0 Å². The van der Waals surface area contributed by atoms with Crippen LogP contribution in [0.3, 0.4) is 0 Å². The Balaban J connectivity index is 2.08. The summed E-state index contributed by atoms with van der Waals surface area (Å²) in [5, 5.41) is 2.99. The van der Waals surface area contributed by atoms with Crippen molar-refractivity contribution in [3.8, 4) is 0 Å². The Bertz CT molecular complexity index is 513. The van der Waals surface area contributed by atoms with E-state index >= 15 is 0 Å². The summed E-state index contributed by atoms with van der Waals surface area (Å²) in [7, 11) is 0. The van der Waals surface area contributed by atoms with E-state index in [1.165, 1.54) is 19.3 Å². The first-order valence-electron chi connectivity index (χ1n) is 7.25. The van der Waals surface area contributed by atoms with Crippen LogP contribution in [0.2, 0.25) is 0 Å². The van der Waals surface area contributed by atoms with Crippen LogP contribution in [0, 0.1) is 0 Å². The van der Waals surface area contributed by atoms with Gasteiger partial charge in [0.05, 0.1) is 5.69 Å². The fourth-order valence-electron chi connectivity index (χ4n) is 2.71. The summed E-state index contributed by atoms with van der Waals surface area (Å²) in [6, 6.07) is 6.00. The fraction of sp³-hybridized carbons (Fsp3) is 0.438. The zero-order chi connectivity index (χ0) is 15.2. The van der Waals surface area contributed by atoms with E-state index in [1.807, 2.05) is 23.1 Å². The quantitative estimate of drug-likeness (QED) is 0.641. The third kappa shape index (κ3) is 4.58. The minimum absolute atomic E-state index is 0.0511. The maximum Gasteiger partial charge on any atom is 0.322 e. The van der Waals surface area contributed by atoms with Crippen molar-refractivity contribution in [2.45, 2.75) is 38.1 Å². The lowest BCUT2D eigenvalue weighted by molar-refractivity contribution is 0.176. The van der Waals surface area contributed by atoms with Crippen molar-refractivity contribution in [1.82, 2.24) is 4.90 Å². The van der Waals surface area contributed by atoms with E-state index in [4.69, 9.17) is 0 Å². The Kier molecular flexibility index (Phi) is 6.30. The molecule has 0 atom stereocenters. The van der Waals surface area contributed by atoms with Gasteiger partial charge in [-0.15, -0.1) is 6.58 Å². The van der Waals surface area contributed by atoms with Crippen molar-refractivity contribution < 1.29 is 4.79 Å². The molecule has 3 nitrogen and oxygen atoms in total. The highest BCUT2D eigenvalue weighted by atomic mass is 79.9. The zero-order valence-corrected chi connectivity index (χ0v) is 15.1. The fourth-order valence-corrected chi connectivity index (χ4v) is 3.85. The zero-order valence-electron chi connectivity index (χ0n) is 11.9. The molecular weight excluding hydrogens is 396 g/mol. The van der Waals surface area contributed by atoms with Gasteiger partial charge in [0.25, 0.3) is 0 Å². The molecule has 1 aliphatic carbocycles. The van der Waals surface area contributed by atoms with Crippen molar-refractivity contribution in [2.24, 2.45) is 0 Å². The average Bonchev–Trinajstić information content (AvgIpc) is 2.48. The van der Waals surface area contributed by atoms with Gasteiger partial charge in [-0.1, -0.05) is 41.3 Å². The van der Waals surface area contributed by atoms with Crippen LogP contribution < -0.4 is 5.32 Å². The summed E-state index contributed by atoms with van der Waals surface area (Å²) in [4.78, 5) is 14.5. The number of rotatable bonds is 4. The molecule has 0 unspecified atom stereocenters. The van der Waals surface area contributed by atoms with E-state index in [-0.39, 0.29) is 6.03 Å². The van der Waals surface area contributed by atoms with Crippen LogP contribution in [-0.2, 0) is 0 Å². The van der Waals surface area contributed by atoms with E-state index in [1.54, 1.807) is 6.08 Å². The molecule has 0 saturated heterocycles. The third-order valence-electron chi connectivity index (χ3n) is 3.77. The molecule has 0 spiro atoms. The third-order valence-corrected chi connectivity index (χ3v) is 4.92. The lowest BCUT2D eigenvalue weighted by Crippen LogP contribution is -2.44. The molecule has 1 aromatic rings. The summed E-state index contributed by atoms with van der Waals surface area (Å²) in [5.74, 6) is 0. The van der Waals surface area contributed by atoms with Gasteiger partial charge >= 0.3 is 6.03 Å². The van der Waals surface area contributed by atoms with Crippen molar-refractivity contribution in [3.05, 3.63) is 39.8 Å². The largest absolute Gasteiger partial charge is 0.322 e.